The molecule has 18 heavy (non-hydrogen) atoms. The van der Waals surface area contributed by atoms with Crippen molar-refractivity contribution in [3.05, 3.63) is 24.3 Å². The van der Waals surface area contributed by atoms with Gasteiger partial charge in [0.15, 0.2) is 4.34 Å². The van der Waals surface area contributed by atoms with Crippen LogP contribution in [-0.4, -0.2) is 36.8 Å². The van der Waals surface area contributed by atoms with Crippen molar-refractivity contribution in [3.63, 3.8) is 0 Å². The quantitative estimate of drug-likeness (QED) is 0.625. The molecule has 0 bridgehead atoms. The van der Waals surface area contributed by atoms with Crippen LogP contribution < -0.4 is 10.6 Å². The first-order valence-electron chi connectivity index (χ1n) is 5.69. The summed E-state index contributed by atoms with van der Waals surface area (Å²) in [6.45, 7) is 1.45. The molecule has 6 heteroatoms. The average molecular weight is 281 g/mol. The Morgan fingerprint density at radius 2 is 2.22 bits per heavy atom. The zero-order valence-electron chi connectivity index (χ0n) is 10.1. The van der Waals surface area contributed by atoms with Crippen molar-refractivity contribution in [2.45, 2.75) is 4.34 Å². The lowest BCUT2D eigenvalue weighted by Crippen LogP contribution is -2.31. The van der Waals surface area contributed by atoms with Gasteiger partial charge >= 0.3 is 0 Å². The molecule has 0 radical (unpaired) electrons. The van der Waals surface area contributed by atoms with Gasteiger partial charge in [-0.1, -0.05) is 23.9 Å². The highest BCUT2D eigenvalue weighted by molar-refractivity contribution is 8.01. The van der Waals surface area contributed by atoms with E-state index in [0.29, 0.717) is 12.3 Å². The normalized spacial score (nSPS) is 10.7. The minimum Gasteiger partial charge on any atom is -0.354 e. The zero-order chi connectivity index (χ0) is 12.8. The van der Waals surface area contributed by atoms with Gasteiger partial charge in [0.25, 0.3) is 0 Å². The van der Waals surface area contributed by atoms with Crippen molar-refractivity contribution >= 4 is 39.2 Å². The van der Waals surface area contributed by atoms with Crippen molar-refractivity contribution < 1.29 is 4.79 Å². The van der Waals surface area contributed by atoms with Gasteiger partial charge in [0.1, 0.15) is 0 Å². The van der Waals surface area contributed by atoms with Gasteiger partial charge in [0.05, 0.1) is 16.0 Å². The number of hydrogen-bond acceptors (Lipinski definition) is 5. The highest BCUT2D eigenvalue weighted by atomic mass is 32.2. The van der Waals surface area contributed by atoms with E-state index >= 15 is 0 Å². The third kappa shape index (κ3) is 3.69. The number of benzene rings is 1. The van der Waals surface area contributed by atoms with Crippen LogP contribution in [0.1, 0.15) is 0 Å². The number of rotatable bonds is 6. The summed E-state index contributed by atoms with van der Waals surface area (Å²) in [6, 6.07) is 8.01. The van der Waals surface area contributed by atoms with Gasteiger partial charge in [-0.05, 0) is 19.2 Å². The SMILES string of the molecule is CNCCNC(=O)CSc1nc2ccccc2s1. The number of carbonyl (C=O) groups excluding carboxylic acids is 1. The first-order valence-corrected chi connectivity index (χ1v) is 7.49. The first-order chi connectivity index (χ1) is 8.79. The molecule has 4 nitrogen and oxygen atoms in total. The molecule has 1 heterocycles. The van der Waals surface area contributed by atoms with Crippen LogP contribution in [-0.2, 0) is 4.79 Å². The monoisotopic (exact) mass is 281 g/mol. The fourth-order valence-corrected chi connectivity index (χ4v) is 3.32. The molecular weight excluding hydrogens is 266 g/mol. The number of fused-ring (bicyclic) bond motifs is 1. The maximum absolute atomic E-state index is 11.5. The molecule has 0 fully saturated rings. The van der Waals surface area contributed by atoms with E-state index in [0.717, 1.165) is 21.1 Å². The van der Waals surface area contributed by atoms with Gasteiger partial charge in [-0.2, -0.15) is 0 Å². The van der Waals surface area contributed by atoms with Crippen LogP contribution in [0.4, 0.5) is 0 Å². The van der Waals surface area contributed by atoms with Crippen LogP contribution in [0.5, 0.6) is 0 Å². The second-order valence-corrected chi connectivity index (χ2v) is 5.94. The van der Waals surface area contributed by atoms with E-state index in [-0.39, 0.29) is 5.91 Å². The number of para-hydroxylation sites is 1. The van der Waals surface area contributed by atoms with Gasteiger partial charge in [-0.3, -0.25) is 4.79 Å². The number of thioether (sulfide) groups is 1. The number of likely N-dealkylation sites (N-methyl/N-ethyl adjacent to an activating group) is 1. The van der Waals surface area contributed by atoms with Crippen molar-refractivity contribution in [1.29, 1.82) is 0 Å². The number of aromatic nitrogens is 1. The fourth-order valence-electron chi connectivity index (χ4n) is 1.42. The maximum atomic E-state index is 11.5. The van der Waals surface area contributed by atoms with Gasteiger partial charge in [0.2, 0.25) is 5.91 Å². The average Bonchev–Trinajstić information content (AvgIpc) is 2.79. The lowest BCUT2D eigenvalue weighted by Gasteiger charge is -2.02. The van der Waals surface area contributed by atoms with E-state index in [4.69, 9.17) is 0 Å². The minimum atomic E-state index is 0.0505. The van der Waals surface area contributed by atoms with Crippen LogP contribution in [0.3, 0.4) is 0 Å². The molecule has 0 atom stereocenters. The highest BCUT2D eigenvalue weighted by Gasteiger charge is 2.06. The van der Waals surface area contributed by atoms with E-state index < -0.39 is 0 Å². The molecule has 1 aromatic carbocycles. The van der Waals surface area contributed by atoms with E-state index in [1.54, 1.807) is 11.3 Å². The predicted octanol–water partition coefficient (Wildman–Crippen LogP) is 1.72. The third-order valence-electron chi connectivity index (χ3n) is 2.30. The second-order valence-electron chi connectivity index (χ2n) is 3.69. The number of nitrogens with zero attached hydrogens (tertiary/aromatic N) is 1. The standard InChI is InChI=1S/C12H15N3OS2/c1-13-6-7-14-11(16)8-17-12-15-9-4-2-3-5-10(9)18-12/h2-5,13H,6-8H2,1H3,(H,14,16). The van der Waals surface area contributed by atoms with Crippen molar-refractivity contribution in [2.75, 3.05) is 25.9 Å². The summed E-state index contributed by atoms with van der Waals surface area (Å²) in [5, 5.41) is 5.82. The number of nitrogens with one attached hydrogen (secondary N) is 2. The first kappa shape index (κ1) is 13.3. The summed E-state index contributed by atoms with van der Waals surface area (Å²) >= 11 is 3.11. The van der Waals surface area contributed by atoms with Gasteiger partial charge in [0, 0.05) is 13.1 Å². The second kappa shape index (κ2) is 6.72. The van der Waals surface area contributed by atoms with Crippen LogP contribution >= 0.6 is 23.1 Å². The molecule has 0 aliphatic carbocycles. The van der Waals surface area contributed by atoms with Crippen LogP contribution in [0.25, 0.3) is 10.2 Å². The molecule has 0 spiro atoms. The molecule has 0 unspecified atom stereocenters. The fraction of sp³-hybridized carbons (Fsp3) is 0.333. The zero-order valence-corrected chi connectivity index (χ0v) is 11.7. The molecule has 2 rings (SSSR count). The Kier molecular flexibility index (Phi) is 4.98. The largest absolute Gasteiger partial charge is 0.354 e. The molecule has 0 aliphatic heterocycles. The molecule has 1 aromatic heterocycles. The number of carbonyl (C=O) groups is 1. The summed E-state index contributed by atoms with van der Waals surface area (Å²) in [4.78, 5) is 16.0. The van der Waals surface area contributed by atoms with E-state index in [1.807, 2.05) is 31.3 Å². The molecule has 0 saturated heterocycles. The summed E-state index contributed by atoms with van der Waals surface area (Å²) in [6.07, 6.45) is 0. The molecule has 1 amide bonds. The van der Waals surface area contributed by atoms with Crippen molar-refractivity contribution in [1.82, 2.24) is 15.6 Å². The summed E-state index contributed by atoms with van der Waals surface area (Å²) in [7, 11) is 1.86. The Morgan fingerprint density at radius 3 is 3.00 bits per heavy atom. The van der Waals surface area contributed by atoms with Crippen molar-refractivity contribution in [3.8, 4) is 0 Å². The molecule has 96 valence electrons. The van der Waals surface area contributed by atoms with Crippen molar-refractivity contribution in [2.24, 2.45) is 0 Å². The Morgan fingerprint density at radius 1 is 1.39 bits per heavy atom. The smallest absolute Gasteiger partial charge is 0.230 e. The molecular formula is C12H15N3OS2. The lowest BCUT2D eigenvalue weighted by molar-refractivity contribution is -0.118. The summed E-state index contributed by atoms with van der Waals surface area (Å²) in [5.74, 6) is 0.471. The maximum Gasteiger partial charge on any atom is 0.230 e. The third-order valence-corrected chi connectivity index (χ3v) is 4.48. The molecule has 2 aromatic rings. The predicted molar refractivity (Wildman–Crippen MR) is 77.3 cm³/mol. The highest BCUT2D eigenvalue weighted by Crippen LogP contribution is 2.28. The van der Waals surface area contributed by atoms with Crippen LogP contribution in [0.15, 0.2) is 28.6 Å². The lowest BCUT2D eigenvalue weighted by atomic mass is 10.3. The molecule has 0 aliphatic rings. The summed E-state index contributed by atoms with van der Waals surface area (Å²) in [5.41, 5.74) is 1.00. The van der Waals surface area contributed by atoms with Gasteiger partial charge in [-0.25, -0.2) is 4.98 Å². The van der Waals surface area contributed by atoms with E-state index in [1.165, 1.54) is 11.8 Å². The summed E-state index contributed by atoms with van der Waals surface area (Å²) < 4.78 is 2.11. The number of hydrogen-bond donors (Lipinski definition) is 2. The minimum absolute atomic E-state index is 0.0505. The van der Waals surface area contributed by atoms with E-state index in [9.17, 15) is 4.79 Å². The number of thiazole rings is 1. The van der Waals surface area contributed by atoms with E-state index in [2.05, 4.69) is 15.6 Å². The molecule has 0 saturated carbocycles. The Hall–Kier alpha value is -1.11. The van der Waals surface area contributed by atoms with Crippen LogP contribution in [0, 0.1) is 0 Å². The van der Waals surface area contributed by atoms with Gasteiger partial charge in [-0.15, -0.1) is 11.3 Å². The van der Waals surface area contributed by atoms with Crippen LogP contribution in [0.2, 0.25) is 0 Å². The Labute approximate surface area is 114 Å². The number of amides is 1. The Bertz CT molecular complexity index is 494. The Balaban J connectivity index is 1.84. The molecule has 2 N–H and O–H groups in total. The van der Waals surface area contributed by atoms with Gasteiger partial charge < -0.3 is 10.6 Å². The topological polar surface area (TPSA) is 54.0 Å².